The zero-order chi connectivity index (χ0) is 12.7. The van der Waals surface area contributed by atoms with Gasteiger partial charge in [0.25, 0.3) is 0 Å². The normalized spacial score (nSPS) is 10.6. The van der Waals surface area contributed by atoms with Crippen LogP contribution in [0, 0.1) is 6.92 Å². The van der Waals surface area contributed by atoms with Crippen LogP contribution in [0.5, 0.6) is 11.5 Å². The first kappa shape index (κ1) is 11.0. The Morgan fingerprint density at radius 1 is 1.24 bits per heavy atom. The van der Waals surface area contributed by atoms with Crippen LogP contribution >= 0.6 is 0 Å². The van der Waals surface area contributed by atoms with E-state index in [1.807, 2.05) is 0 Å². The molecule has 6 heteroatoms. The minimum atomic E-state index is -1.38. The number of phenols is 2. The van der Waals surface area contributed by atoms with Crippen molar-refractivity contribution in [2.24, 2.45) is 0 Å². The van der Waals surface area contributed by atoms with Gasteiger partial charge in [-0.05, 0) is 18.6 Å². The summed E-state index contributed by atoms with van der Waals surface area (Å²) < 4.78 is 4.73. The molecule has 2 rings (SSSR count). The maximum atomic E-state index is 11.1. The van der Waals surface area contributed by atoms with E-state index in [9.17, 15) is 19.8 Å². The van der Waals surface area contributed by atoms with Crippen molar-refractivity contribution in [1.29, 1.82) is 0 Å². The third-order valence-electron chi connectivity index (χ3n) is 2.42. The summed E-state index contributed by atoms with van der Waals surface area (Å²) in [7, 11) is 0. The first-order valence-electron chi connectivity index (χ1n) is 4.64. The smallest absolute Gasteiger partial charge is 0.339 e. The molecular weight excluding hydrogens is 228 g/mol. The van der Waals surface area contributed by atoms with Gasteiger partial charge in [0.05, 0.1) is 0 Å². The van der Waals surface area contributed by atoms with Crippen molar-refractivity contribution in [2.75, 3.05) is 0 Å². The molecular formula is C11H8O6. The van der Waals surface area contributed by atoms with Gasteiger partial charge in [0.2, 0.25) is 5.75 Å². The monoisotopic (exact) mass is 236 g/mol. The van der Waals surface area contributed by atoms with Gasteiger partial charge < -0.3 is 19.7 Å². The Hall–Kier alpha value is -2.50. The Morgan fingerprint density at radius 3 is 2.47 bits per heavy atom. The van der Waals surface area contributed by atoms with Crippen LogP contribution in [0.25, 0.3) is 11.0 Å². The highest BCUT2D eigenvalue weighted by molar-refractivity contribution is 6.00. The van der Waals surface area contributed by atoms with Crippen LogP contribution < -0.4 is 5.63 Å². The average molecular weight is 236 g/mol. The molecule has 0 aliphatic rings. The number of carbonyl (C=O) groups is 1. The minimum Gasteiger partial charge on any atom is -0.504 e. The van der Waals surface area contributed by atoms with Crippen LogP contribution in [-0.2, 0) is 0 Å². The highest BCUT2D eigenvalue weighted by Gasteiger charge is 2.19. The van der Waals surface area contributed by atoms with Gasteiger partial charge in [-0.1, -0.05) is 0 Å². The highest BCUT2D eigenvalue weighted by Crippen LogP contribution is 2.37. The second-order valence-electron chi connectivity index (χ2n) is 3.55. The number of carboxylic acids is 1. The second-order valence-corrected chi connectivity index (χ2v) is 3.55. The van der Waals surface area contributed by atoms with Crippen LogP contribution in [0.3, 0.4) is 0 Å². The van der Waals surface area contributed by atoms with E-state index in [4.69, 9.17) is 9.52 Å². The maximum absolute atomic E-state index is 11.1. The summed E-state index contributed by atoms with van der Waals surface area (Å²) in [6, 6.07) is 2.31. The molecule has 0 unspecified atom stereocenters. The number of aryl methyl sites for hydroxylation is 1. The van der Waals surface area contributed by atoms with E-state index < -0.39 is 28.7 Å². The van der Waals surface area contributed by atoms with Crippen molar-refractivity contribution >= 4 is 16.9 Å². The summed E-state index contributed by atoms with van der Waals surface area (Å²) in [5.74, 6) is -2.95. The predicted octanol–water partition coefficient (Wildman–Crippen LogP) is 1.21. The standard InChI is InChI=1S/C11H8O6/c1-4-2-7(12)17-10-5(4)3-6(11(15)16)8(13)9(10)14/h2-3,13-14H,1H3,(H,15,16). The van der Waals surface area contributed by atoms with E-state index in [1.54, 1.807) is 6.92 Å². The number of hydrogen-bond acceptors (Lipinski definition) is 5. The summed E-state index contributed by atoms with van der Waals surface area (Å²) in [6.07, 6.45) is 0. The molecule has 0 bridgehead atoms. The molecule has 1 aromatic heterocycles. The molecule has 1 aromatic carbocycles. The summed E-state index contributed by atoms with van der Waals surface area (Å²) in [4.78, 5) is 21.9. The molecule has 0 atom stereocenters. The van der Waals surface area contributed by atoms with Gasteiger partial charge in [0, 0.05) is 11.5 Å². The third-order valence-corrected chi connectivity index (χ3v) is 2.42. The maximum Gasteiger partial charge on any atom is 0.339 e. The fourth-order valence-electron chi connectivity index (χ4n) is 1.58. The fraction of sp³-hybridized carbons (Fsp3) is 0.0909. The zero-order valence-electron chi connectivity index (χ0n) is 8.72. The first-order valence-corrected chi connectivity index (χ1v) is 4.64. The van der Waals surface area contributed by atoms with E-state index in [2.05, 4.69) is 0 Å². The molecule has 0 spiro atoms. The molecule has 0 aliphatic heterocycles. The van der Waals surface area contributed by atoms with Crippen LogP contribution in [0.15, 0.2) is 21.3 Å². The SMILES string of the molecule is Cc1cc(=O)oc2c(O)c(O)c(C(=O)O)cc12. The second kappa shape index (κ2) is 3.51. The molecule has 0 radical (unpaired) electrons. The topological polar surface area (TPSA) is 108 Å². The lowest BCUT2D eigenvalue weighted by atomic mass is 10.1. The molecule has 0 saturated heterocycles. The van der Waals surface area contributed by atoms with Gasteiger partial charge in [0.1, 0.15) is 5.56 Å². The average Bonchev–Trinajstić information content (AvgIpc) is 2.23. The van der Waals surface area contributed by atoms with Crippen molar-refractivity contribution in [3.8, 4) is 11.5 Å². The van der Waals surface area contributed by atoms with E-state index in [-0.39, 0.29) is 11.0 Å². The van der Waals surface area contributed by atoms with E-state index >= 15 is 0 Å². The lowest BCUT2D eigenvalue weighted by Crippen LogP contribution is -2.01. The first-order chi connectivity index (χ1) is 7.91. The molecule has 2 aromatic rings. The van der Waals surface area contributed by atoms with Gasteiger partial charge in [0.15, 0.2) is 11.3 Å². The molecule has 3 N–H and O–H groups in total. The largest absolute Gasteiger partial charge is 0.504 e. The minimum absolute atomic E-state index is 0.225. The number of benzene rings is 1. The number of aromatic carboxylic acids is 1. The van der Waals surface area contributed by atoms with Gasteiger partial charge >= 0.3 is 11.6 Å². The molecule has 0 saturated carbocycles. The molecule has 0 fully saturated rings. The quantitative estimate of drug-likeness (QED) is 0.507. The Bertz CT molecular complexity index is 682. The highest BCUT2D eigenvalue weighted by atomic mass is 16.4. The number of hydrogen-bond donors (Lipinski definition) is 3. The molecule has 88 valence electrons. The number of aromatic hydroxyl groups is 2. The van der Waals surface area contributed by atoms with Crippen molar-refractivity contribution in [2.45, 2.75) is 6.92 Å². The number of rotatable bonds is 1. The number of fused-ring (bicyclic) bond motifs is 1. The number of phenolic OH excluding ortho intramolecular Hbond substituents is 1. The molecule has 1 heterocycles. The lowest BCUT2D eigenvalue weighted by molar-refractivity contribution is 0.0693. The van der Waals surface area contributed by atoms with Gasteiger partial charge in [-0.25, -0.2) is 9.59 Å². The zero-order valence-corrected chi connectivity index (χ0v) is 8.72. The van der Waals surface area contributed by atoms with Crippen molar-refractivity contribution < 1.29 is 24.5 Å². The molecule has 0 aliphatic carbocycles. The molecule has 0 amide bonds. The van der Waals surface area contributed by atoms with Crippen LogP contribution in [0.1, 0.15) is 15.9 Å². The van der Waals surface area contributed by atoms with Crippen molar-refractivity contribution in [3.05, 3.63) is 33.7 Å². The van der Waals surface area contributed by atoms with E-state index in [0.29, 0.717) is 5.56 Å². The Kier molecular flexibility index (Phi) is 2.27. The Labute approximate surface area is 94.4 Å². The third kappa shape index (κ3) is 1.59. The predicted molar refractivity (Wildman–Crippen MR) is 57.5 cm³/mol. The molecule has 6 nitrogen and oxygen atoms in total. The Balaban J connectivity index is 3.01. The van der Waals surface area contributed by atoms with Crippen LogP contribution in [0.4, 0.5) is 0 Å². The lowest BCUT2D eigenvalue weighted by Gasteiger charge is -2.07. The Morgan fingerprint density at radius 2 is 1.88 bits per heavy atom. The molecule has 17 heavy (non-hydrogen) atoms. The van der Waals surface area contributed by atoms with Crippen molar-refractivity contribution in [1.82, 2.24) is 0 Å². The fourth-order valence-corrected chi connectivity index (χ4v) is 1.58. The van der Waals surface area contributed by atoms with Gasteiger partial charge in [-0.15, -0.1) is 0 Å². The van der Waals surface area contributed by atoms with Crippen molar-refractivity contribution in [3.63, 3.8) is 0 Å². The van der Waals surface area contributed by atoms with Crippen LogP contribution in [-0.4, -0.2) is 21.3 Å². The van der Waals surface area contributed by atoms with E-state index in [1.165, 1.54) is 6.07 Å². The number of carboxylic acid groups (broad SMARTS) is 1. The summed E-state index contributed by atoms with van der Waals surface area (Å²) in [5.41, 5.74) is -0.911. The summed E-state index contributed by atoms with van der Waals surface area (Å²) in [5, 5.41) is 28.1. The van der Waals surface area contributed by atoms with Crippen LogP contribution in [0.2, 0.25) is 0 Å². The summed E-state index contributed by atoms with van der Waals surface area (Å²) >= 11 is 0. The van der Waals surface area contributed by atoms with E-state index in [0.717, 1.165) is 6.07 Å². The van der Waals surface area contributed by atoms with Gasteiger partial charge in [-0.2, -0.15) is 0 Å². The van der Waals surface area contributed by atoms with Gasteiger partial charge in [-0.3, -0.25) is 0 Å². The summed E-state index contributed by atoms with van der Waals surface area (Å²) in [6.45, 7) is 1.57.